The Morgan fingerprint density at radius 2 is 1.90 bits per heavy atom. The van der Waals surface area contributed by atoms with Gasteiger partial charge >= 0.3 is 6.18 Å². The molecule has 0 saturated heterocycles. The molecule has 1 N–H and O–H groups in total. The van der Waals surface area contributed by atoms with E-state index in [0.717, 1.165) is 71.8 Å². The molecule has 5 nitrogen and oxygen atoms in total. The summed E-state index contributed by atoms with van der Waals surface area (Å²) in [5.74, 6) is -0.244. The number of nitrogens with zero attached hydrogens (tertiary/aromatic N) is 2. The first-order valence-corrected chi connectivity index (χ1v) is 18.2. The molecule has 2 aromatic rings. The lowest BCUT2D eigenvalue weighted by molar-refractivity contribution is -0.141. The maximum atomic E-state index is 13.4. The highest BCUT2D eigenvalue weighted by Crippen LogP contribution is 2.57. The molecule has 42 heavy (non-hydrogen) atoms. The highest BCUT2D eigenvalue weighted by atomic mass is 28.4. The van der Waals surface area contributed by atoms with Crippen molar-refractivity contribution in [3.63, 3.8) is 0 Å². The van der Waals surface area contributed by atoms with E-state index < -0.39 is 20.2 Å². The normalized spacial score (nSPS) is 21.5. The summed E-state index contributed by atoms with van der Waals surface area (Å²) in [4.78, 5) is 9.22. The number of aliphatic hydroxyl groups excluding tert-OH is 1. The van der Waals surface area contributed by atoms with Crippen molar-refractivity contribution in [2.75, 3.05) is 13.2 Å². The zero-order valence-corrected chi connectivity index (χ0v) is 26.8. The minimum atomic E-state index is -4.50. The Morgan fingerprint density at radius 1 is 1.17 bits per heavy atom. The molecule has 0 aromatic carbocycles. The van der Waals surface area contributed by atoms with Crippen LogP contribution in [0.2, 0.25) is 18.1 Å². The molecule has 3 aliphatic rings. The van der Waals surface area contributed by atoms with E-state index in [0.29, 0.717) is 25.3 Å². The summed E-state index contributed by atoms with van der Waals surface area (Å²) >= 11 is 0. The van der Waals surface area contributed by atoms with Crippen molar-refractivity contribution in [3.05, 3.63) is 63.7 Å². The average Bonchev–Trinajstić information content (AvgIpc) is 2.90. The highest BCUT2D eigenvalue weighted by Gasteiger charge is 2.46. The van der Waals surface area contributed by atoms with E-state index in [1.807, 2.05) is 6.92 Å². The first-order valence-electron chi connectivity index (χ1n) is 15.3. The van der Waals surface area contributed by atoms with E-state index in [-0.39, 0.29) is 29.1 Å². The number of aromatic nitrogens is 2. The number of fused-ring (bicyclic) bond motifs is 1. The number of ether oxygens (including phenoxy) is 1. The molecule has 2 aromatic heterocycles. The summed E-state index contributed by atoms with van der Waals surface area (Å²) < 4.78 is 53.1. The zero-order chi connectivity index (χ0) is 30.5. The third-order valence-electron chi connectivity index (χ3n) is 10.1. The van der Waals surface area contributed by atoms with Crippen molar-refractivity contribution in [2.45, 2.75) is 116 Å². The Hall–Kier alpha value is -2.07. The van der Waals surface area contributed by atoms with Crippen LogP contribution in [0.5, 0.6) is 0 Å². The van der Waals surface area contributed by atoms with Gasteiger partial charge in [-0.2, -0.15) is 13.2 Å². The van der Waals surface area contributed by atoms with Gasteiger partial charge in [0.15, 0.2) is 0 Å². The molecule has 0 radical (unpaired) electrons. The number of hydrogen-bond donors (Lipinski definition) is 1. The molecule has 5 rings (SSSR count). The van der Waals surface area contributed by atoms with Gasteiger partial charge in [-0.05, 0) is 75.5 Å². The second-order valence-corrected chi connectivity index (χ2v) is 18.9. The van der Waals surface area contributed by atoms with Crippen molar-refractivity contribution in [3.8, 4) is 0 Å². The number of alkyl halides is 3. The lowest BCUT2D eigenvalue weighted by Crippen LogP contribution is -2.46. The second kappa shape index (κ2) is 11.5. The third kappa shape index (κ3) is 6.12. The Morgan fingerprint density at radius 3 is 2.48 bits per heavy atom. The van der Waals surface area contributed by atoms with E-state index in [1.54, 1.807) is 6.07 Å². The SMILES string of the molecule is CC(Cc1cccc(C(F)(F)F)n1)c1nc2c(c(C3=CCOCC3)c1CO)[C@@H](O[Si-](C)(C)C(C)(C)C)CC1(CCC1)C2. The van der Waals surface area contributed by atoms with Gasteiger partial charge in [0.05, 0.1) is 19.8 Å². The maximum absolute atomic E-state index is 13.4. The van der Waals surface area contributed by atoms with Crippen molar-refractivity contribution in [1.82, 2.24) is 9.97 Å². The maximum Gasteiger partial charge on any atom is 0.433 e. The van der Waals surface area contributed by atoms with Crippen LogP contribution in [-0.4, -0.2) is 36.6 Å². The largest absolute Gasteiger partial charge is 0.559 e. The van der Waals surface area contributed by atoms with Gasteiger partial charge in [0, 0.05) is 40.2 Å². The summed E-state index contributed by atoms with van der Waals surface area (Å²) in [5, 5.41) is 10.9. The van der Waals surface area contributed by atoms with Gasteiger partial charge in [-0.3, -0.25) is 4.98 Å². The van der Waals surface area contributed by atoms with Crippen LogP contribution in [0.4, 0.5) is 13.2 Å². The molecular formula is C33H45F3N2O3Si-. The zero-order valence-electron chi connectivity index (χ0n) is 25.8. The number of hydrogen-bond acceptors (Lipinski definition) is 5. The highest BCUT2D eigenvalue weighted by molar-refractivity contribution is 6.74. The molecule has 1 spiro atoms. The Kier molecular flexibility index (Phi) is 8.55. The molecule has 1 saturated carbocycles. The first-order chi connectivity index (χ1) is 19.6. The summed E-state index contributed by atoms with van der Waals surface area (Å²) in [6.07, 6.45) is 3.84. The third-order valence-corrected chi connectivity index (χ3v) is 14.6. The van der Waals surface area contributed by atoms with Gasteiger partial charge in [-0.1, -0.05) is 46.3 Å². The van der Waals surface area contributed by atoms with Crippen LogP contribution >= 0.6 is 0 Å². The van der Waals surface area contributed by atoms with Crippen molar-refractivity contribution < 1.29 is 27.4 Å². The number of pyridine rings is 2. The van der Waals surface area contributed by atoms with Gasteiger partial charge in [0.25, 0.3) is 0 Å². The van der Waals surface area contributed by atoms with Crippen LogP contribution in [0.3, 0.4) is 0 Å². The molecular weight excluding hydrogens is 557 g/mol. The molecule has 0 amide bonds. The van der Waals surface area contributed by atoms with E-state index in [1.165, 1.54) is 12.5 Å². The van der Waals surface area contributed by atoms with Crippen LogP contribution in [0, 0.1) is 5.41 Å². The van der Waals surface area contributed by atoms with Crippen LogP contribution in [-0.2, 0) is 34.8 Å². The van der Waals surface area contributed by atoms with E-state index >= 15 is 0 Å². The fourth-order valence-corrected chi connectivity index (χ4v) is 7.92. The van der Waals surface area contributed by atoms with E-state index in [4.69, 9.17) is 14.1 Å². The van der Waals surface area contributed by atoms with Gasteiger partial charge in [-0.15, -0.1) is 18.1 Å². The second-order valence-electron chi connectivity index (χ2n) is 14.1. The summed E-state index contributed by atoms with van der Waals surface area (Å²) in [6, 6.07) is 4.05. The lowest BCUT2D eigenvalue weighted by Gasteiger charge is -2.56. The Labute approximate surface area is 249 Å². The van der Waals surface area contributed by atoms with Crippen LogP contribution < -0.4 is 0 Å². The summed E-state index contributed by atoms with van der Waals surface area (Å²) in [6.45, 7) is 14.2. The minimum Gasteiger partial charge on any atom is -0.559 e. The lowest BCUT2D eigenvalue weighted by atomic mass is 9.59. The molecule has 1 fully saturated rings. The number of rotatable bonds is 7. The molecule has 231 valence electrons. The number of halogens is 3. The molecule has 2 aliphatic carbocycles. The average molecular weight is 603 g/mol. The molecule has 2 atom stereocenters. The fourth-order valence-electron chi connectivity index (χ4n) is 6.65. The standard InChI is InChI=1S/C33H45F3N2O3Si/c1-21(17-23-9-7-10-27(37-23)33(34,35)36)30-24(20-39)28(22-11-15-40-16-12-22)29-25(38-30)18-32(13-8-14-32)19-26(29)41-42(5,6)31(2,3)4/h7,9-11,21,26,39H,8,12-20H2,1-6H3/q-1/t21?,26-/m0/s1. The monoisotopic (exact) mass is 602 g/mol. The molecule has 1 aliphatic heterocycles. The van der Waals surface area contributed by atoms with Gasteiger partial charge < -0.3 is 14.3 Å². The van der Waals surface area contributed by atoms with Gasteiger partial charge in [-0.25, -0.2) is 4.98 Å². The van der Waals surface area contributed by atoms with Crippen molar-refractivity contribution in [2.24, 2.45) is 5.41 Å². The molecule has 3 heterocycles. The topological polar surface area (TPSA) is 64.5 Å². The Bertz CT molecular complexity index is 1350. The smallest absolute Gasteiger partial charge is 0.433 e. The van der Waals surface area contributed by atoms with Crippen LogP contribution in [0.1, 0.15) is 111 Å². The van der Waals surface area contributed by atoms with Crippen LogP contribution in [0.15, 0.2) is 24.3 Å². The van der Waals surface area contributed by atoms with Gasteiger partial charge in [0.1, 0.15) is 5.69 Å². The first kappa shape index (κ1) is 31.4. The number of aliphatic hydroxyl groups is 1. The quantitative estimate of drug-likeness (QED) is 0.323. The van der Waals surface area contributed by atoms with Crippen molar-refractivity contribution >= 4 is 13.9 Å². The van der Waals surface area contributed by atoms with E-state index in [9.17, 15) is 18.3 Å². The summed E-state index contributed by atoms with van der Waals surface area (Å²) in [7, 11) is -2.15. The molecule has 1 unspecified atom stereocenters. The van der Waals surface area contributed by atoms with Gasteiger partial charge in [0.2, 0.25) is 0 Å². The molecule has 0 bridgehead atoms. The minimum absolute atomic E-state index is 0.0368. The Balaban J connectivity index is 1.65. The molecule has 9 heteroatoms. The fraction of sp³-hybridized carbons (Fsp3) is 0.636. The van der Waals surface area contributed by atoms with E-state index in [2.05, 4.69) is 44.9 Å². The predicted octanol–water partition coefficient (Wildman–Crippen LogP) is 8.32. The van der Waals surface area contributed by atoms with Crippen LogP contribution in [0.25, 0.3) is 5.57 Å². The predicted molar refractivity (Wildman–Crippen MR) is 161 cm³/mol. The van der Waals surface area contributed by atoms with Crippen molar-refractivity contribution in [1.29, 1.82) is 0 Å². The summed E-state index contributed by atoms with van der Waals surface area (Å²) in [5.41, 5.74) is 5.46.